The molecule has 1 amide bonds. The average Bonchev–Trinajstić information content (AvgIpc) is 2.91. The molecule has 24 heavy (non-hydrogen) atoms. The van der Waals surface area contributed by atoms with Crippen LogP contribution in [0.4, 0.5) is 10.7 Å². The Morgan fingerprint density at radius 2 is 2.25 bits per heavy atom. The number of nitrogens with zero attached hydrogens (tertiary/aromatic N) is 4. The molecule has 0 aliphatic carbocycles. The van der Waals surface area contributed by atoms with Gasteiger partial charge in [0.15, 0.2) is 10.8 Å². The minimum atomic E-state index is -0.507. The van der Waals surface area contributed by atoms with E-state index in [1.807, 2.05) is 20.8 Å². The van der Waals surface area contributed by atoms with Crippen LogP contribution >= 0.6 is 11.6 Å². The molecule has 0 radical (unpaired) electrons. The van der Waals surface area contributed by atoms with E-state index in [9.17, 15) is 4.79 Å². The van der Waals surface area contributed by atoms with Crippen LogP contribution in [0.2, 0.25) is 5.15 Å². The lowest BCUT2D eigenvalue weighted by Crippen LogP contribution is -2.49. The van der Waals surface area contributed by atoms with Gasteiger partial charge in [0, 0.05) is 19.1 Å². The summed E-state index contributed by atoms with van der Waals surface area (Å²) in [6.45, 7) is 7.03. The van der Waals surface area contributed by atoms with E-state index in [-0.39, 0.29) is 6.04 Å². The number of anilines is 1. The highest BCUT2D eigenvalue weighted by molar-refractivity contribution is 6.33. The van der Waals surface area contributed by atoms with Gasteiger partial charge in [0.2, 0.25) is 5.95 Å². The summed E-state index contributed by atoms with van der Waals surface area (Å²) in [6.07, 6.45) is 2.83. The molecule has 1 aliphatic heterocycles. The van der Waals surface area contributed by atoms with Crippen molar-refractivity contribution in [3.05, 3.63) is 11.5 Å². The van der Waals surface area contributed by atoms with Gasteiger partial charge in [-0.05, 0) is 33.6 Å². The molecule has 8 nitrogen and oxygen atoms in total. The van der Waals surface area contributed by atoms with Gasteiger partial charge in [-0.25, -0.2) is 14.8 Å². The number of fused-ring (bicyclic) bond motifs is 1. The molecule has 3 rings (SSSR count). The van der Waals surface area contributed by atoms with Crippen LogP contribution in [0.3, 0.4) is 0 Å². The smallest absolute Gasteiger partial charge is 0.407 e. The second-order valence-corrected chi connectivity index (χ2v) is 7.21. The molecule has 9 heteroatoms. The minimum Gasteiger partial charge on any atom is -0.444 e. The van der Waals surface area contributed by atoms with Crippen molar-refractivity contribution in [3.8, 4) is 0 Å². The standard InChI is InChI=1S/C15H21ClN6O2/c1-15(2,3)24-14(23)19-9-5-4-6-22(7-9)13-20-10-11(16)17-8-18-12(10)21-13/h8-9H,4-7H2,1-3H3,(H,19,23)(H,17,18,20,21). The highest BCUT2D eigenvalue weighted by atomic mass is 35.5. The van der Waals surface area contributed by atoms with Crippen molar-refractivity contribution in [1.82, 2.24) is 25.3 Å². The summed E-state index contributed by atoms with van der Waals surface area (Å²) in [5.74, 6) is 0.683. The fraction of sp³-hybridized carbons (Fsp3) is 0.600. The lowest BCUT2D eigenvalue weighted by atomic mass is 10.1. The first kappa shape index (κ1) is 16.8. The Balaban J connectivity index is 1.68. The number of hydrogen-bond donors (Lipinski definition) is 2. The summed E-state index contributed by atoms with van der Waals surface area (Å²) in [6, 6.07) is 0.00312. The van der Waals surface area contributed by atoms with Crippen LogP contribution < -0.4 is 10.2 Å². The number of piperidine rings is 1. The Kier molecular flexibility index (Phi) is 4.49. The maximum atomic E-state index is 11.9. The number of alkyl carbamates (subject to hydrolysis) is 1. The molecule has 2 aromatic rings. The van der Waals surface area contributed by atoms with Crippen LogP contribution in [-0.2, 0) is 4.74 Å². The van der Waals surface area contributed by atoms with Gasteiger partial charge < -0.3 is 19.9 Å². The number of halogens is 1. The summed E-state index contributed by atoms with van der Waals surface area (Å²) in [5.41, 5.74) is 0.649. The predicted molar refractivity (Wildman–Crippen MR) is 91.3 cm³/mol. The summed E-state index contributed by atoms with van der Waals surface area (Å²) in [4.78, 5) is 29.7. The molecular formula is C15H21ClN6O2. The van der Waals surface area contributed by atoms with E-state index >= 15 is 0 Å². The first-order valence-corrected chi connectivity index (χ1v) is 8.30. The van der Waals surface area contributed by atoms with E-state index in [0.717, 1.165) is 19.4 Å². The van der Waals surface area contributed by atoms with E-state index in [1.54, 1.807) is 0 Å². The Labute approximate surface area is 145 Å². The molecule has 2 aromatic heterocycles. The monoisotopic (exact) mass is 352 g/mol. The van der Waals surface area contributed by atoms with Crippen LogP contribution in [0.1, 0.15) is 33.6 Å². The number of carbonyl (C=O) groups excluding carboxylic acids is 1. The topological polar surface area (TPSA) is 96.0 Å². The Morgan fingerprint density at radius 1 is 1.46 bits per heavy atom. The zero-order chi connectivity index (χ0) is 17.3. The van der Waals surface area contributed by atoms with Crippen molar-refractivity contribution < 1.29 is 9.53 Å². The molecule has 3 heterocycles. The molecule has 1 saturated heterocycles. The molecule has 1 unspecified atom stereocenters. The highest BCUT2D eigenvalue weighted by Crippen LogP contribution is 2.23. The van der Waals surface area contributed by atoms with Crippen molar-refractivity contribution >= 4 is 34.8 Å². The first-order chi connectivity index (χ1) is 11.3. The van der Waals surface area contributed by atoms with Gasteiger partial charge in [0.05, 0.1) is 0 Å². The lowest BCUT2D eigenvalue weighted by molar-refractivity contribution is 0.0500. The lowest BCUT2D eigenvalue weighted by Gasteiger charge is -2.33. The van der Waals surface area contributed by atoms with Gasteiger partial charge in [0.1, 0.15) is 17.4 Å². The maximum absolute atomic E-state index is 11.9. The van der Waals surface area contributed by atoms with E-state index in [1.165, 1.54) is 6.33 Å². The SMILES string of the molecule is CC(C)(C)OC(=O)NC1CCCN(c2nc3ncnc(Cl)c3[nH]2)C1. The van der Waals surface area contributed by atoms with Crippen molar-refractivity contribution in [1.29, 1.82) is 0 Å². The third-order valence-corrected chi connectivity index (χ3v) is 3.96. The van der Waals surface area contributed by atoms with E-state index < -0.39 is 11.7 Å². The number of hydrogen-bond acceptors (Lipinski definition) is 6. The Morgan fingerprint density at radius 3 is 2.96 bits per heavy atom. The van der Waals surface area contributed by atoms with Gasteiger partial charge in [0.25, 0.3) is 0 Å². The fourth-order valence-electron chi connectivity index (χ4n) is 2.70. The van der Waals surface area contributed by atoms with Gasteiger partial charge >= 0.3 is 6.09 Å². The van der Waals surface area contributed by atoms with Crippen LogP contribution in [0.15, 0.2) is 6.33 Å². The number of carbonyl (C=O) groups is 1. The zero-order valence-corrected chi connectivity index (χ0v) is 14.7. The molecule has 0 bridgehead atoms. The zero-order valence-electron chi connectivity index (χ0n) is 14.0. The summed E-state index contributed by atoms with van der Waals surface area (Å²) < 4.78 is 5.32. The van der Waals surface area contributed by atoms with Crippen LogP contribution in [0, 0.1) is 0 Å². The van der Waals surface area contributed by atoms with Gasteiger partial charge in [-0.3, -0.25) is 0 Å². The molecule has 0 saturated carbocycles. The Hall–Kier alpha value is -2.09. The third-order valence-electron chi connectivity index (χ3n) is 3.67. The van der Waals surface area contributed by atoms with E-state index in [0.29, 0.717) is 28.8 Å². The van der Waals surface area contributed by atoms with E-state index in [4.69, 9.17) is 16.3 Å². The number of nitrogens with one attached hydrogen (secondary N) is 2. The van der Waals surface area contributed by atoms with Crippen LogP contribution in [0.5, 0.6) is 0 Å². The molecular weight excluding hydrogens is 332 g/mol. The fourth-order valence-corrected chi connectivity index (χ4v) is 2.87. The first-order valence-electron chi connectivity index (χ1n) is 7.92. The predicted octanol–water partition coefficient (Wildman–Crippen LogP) is 2.50. The van der Waals surface area contributed by atoms with Gasteiger partial charge in [-0.15, -0.1) is 0 Å². The summed E-state index contributed by atoms with van der Waals surface area (Å²) in [5, 5.41) is 3.27. The summed E-state index contributed by atoms with van der Waals surface area (Å²) >= 11 is 6.05. The third kappa shape index (κ3) is 3.87. The number of ether oxygens (including phenoxy) is 1. The average molecular weight is 353 g/mol. The molecule has 1 atom stereocenters. The van der Waals surface area contributed by atoms with Crippen LogP contribution in [-0.4, -0.2) is 50.8 Å². The normalized spacial score (nSPS) is 18.7. The second-order valence-electron chi connectivity index (χ2n) is 6.85. The molecule has 0 aromatic carbocycles. The van der Waals surface area contributed by atoms with Crippen molar-refractivity contribution in [2.45, 2.75) is 45.3 Å². The summed E-state index contributed by atoms with van der Waals surface area (Å²) in [7, 11) is 0. The number of aromatic nitrogens is 4. The number of aromatic amines is 1. The maximum Gasteiger partial charge on any atom is 0.407 e. The van der Waals surface area contributed by atoms with Crippen molar-refractivity contribution in [2.24, 2.45) is 0 Å². The quantitative estimate of drug-likeness (QED) is 0.806. The molecule has 1 fully saturated rings. The molecule has 130 valence electrons. The number of rotatable bonds is 2. The van der Waals surface area contributed by atoms with Crippen molar-refractivity contribution in [3.63, 3.8) is 0 Å². The minimum absolute atomic E-state index is 0.00312. The molecule has 2 N–H and O–H groups in total. The molecule has 0 spiro atoms. The van der Waals surface area contributed by atoms with Crippen molar-refractivity contribution in [2.75, 3.05) is 18.0 Å². The highest BCUT2D eigenvalue weighted by Gasteiger charge is 2.26. The van der Waals surface area contributed by atoms with Gasteiger partial charge in [-0.1, -0.05) is 11.6 Å². The number of imidazole rings is 1. The molecule has 1 aliphatic rings. The second kappa shape index (κ2) is 6.43. The largest absolute Gasteiger partial charge is 0.444 e. The number of H-pyrrole nitrogens is 1. The Bertz CT molecular complexity index is 741. The number of amides is 1. The van der Waals surface area contributed by atoms with Gasteiger partial charge in [-0.2, -0.15) is 4.98 Å². The van der Waals surface area contributed by atoms with E-state index in [2.05, 4.69) is 30.2 Å². The van der Waals surface area contributed by atoms with Crippen LogP contribution in [0.25, 0.3) is 11.2 Å².